The van der Waals surface area contributed by atoms with E-state index in [1.807, 2.05) is 84.9 Å². The number of fused-ring (bicyclic) bond motifs is 2. The topological polar surface area (TPSA) is 96.1 Å². The van der Waals surface area contributed by atoms with Crippen molar-refractivity contribution >= 4 is 33.5 Å². The first-order valence-corrected chi connectivity index (χ1v) is 15.7. The second kappa shape index (κ2) is 13.0. The van der Waals surface area contributed by atoms with Gasteiger partial charge in [-0.2, -0.15) is 0 Å². The first kappa shape index (κ1) is 30.0. The number of carbonyl (C=O) groups excluding carboxylic acids is 2. The zero-order valence-electron chi connectivity index (χ0n) is 25.8. The number of esters is 2. The highest BCUT2D eigenvalue weighted by molar-refractivity contribution is 5.97. The van der Waals surface area contributed by atoms with Crippen LogP contribution in [0.15, 0.2) is 121 Å². The number of hydrogen-bond acceptors (Lipinski definition) is 8. The summed E-state index contributed by atoms with van der Waals surface area (Å²) in [6.07, 6.45) is -0.174. The molecule has 238 valence electrons. The van der Waals surface area contributed by atoms with Gasteiger partial charge in [-0.3, -0.25) is 0 Å². The summed E-state index contributed by atoms with van der Waals surface area (Å²) in [4.78, 5) is 25.8. The second-order valence-electron chi connectivity index (χ2n) is 11.8. The van der Waals surface area contributed by atoms with Crippen LogP contribution in [0, 0.1) is 0 Å². The minimum atomic E-state index is -0.431. The molecule has 0 spiro atoms. The van der Waals surface area contributed by atoms with Gasteiger partial charge in [-0.05, 0) is 104 Å². The normalized spacial score (nSPS) is 16.5. The molecule has 2 aliphatic heterocycles. The molecule has 0 aliphatic carbocycles. The Morgan fingerprint density at radius 3 is 1.27 bits per heavy atom. The summed E-state index contributed by atoms with van der Waals surface area (Å²) in [5, 5.41) is 3.92. The van der Waals surface area contributed by atoms with E-state index in [2.05, 4.69) is 0 Å². The summed E-state index contributed by atoms with van der Waals surface area (Å²) >= 11 is 0. The lowest BCUT2D eigenvalue weighted by Crippen LogP contribution is -2.08. The quantitative estimate of drug-likeness (QED) is 0.0805. The Labute approximate surface area is 276 Å². The number of carbonyl (C=O) groups is 2. The molecule has 2 fully saturated rings. The maximum absolute atomic E-state index is 12.9. The van der Waals surface area contributed by atoms with Gasteiger partial charge in [0.25, 0.3) is 0 Å². The van der Waals surface area contributed by atoms with E-state index in [9.17, 15) is 9.59 Å². The molecule has 2 unspecified atom stereocenters. The number of rotatable bonds is 11. The van der Waals surface area contributed by atoms with Crippen LogP contribution in [-0.4, -0.2) is 37.7 Å². The van der Waals surface area contributed by atoms with Gasteiger partial charge in [0, 0.05) is 0 Å². The van der Waals surface area contributed by atoms with Crippen LogP contribution in [0.1, 0.15) is 31.8 Å². The first-order chi connectivity index (χ1) is 23.5. The molecule has 0 bridgehead atoms. The lowest BCUT2D eigenvalue weighted by atomic mass is 10.0. The molecule has 0 radical (unpaired) electrons. The van der Waals surface area contributed by atoms with Gasteiger partial charge in [0.1, 0.15) is 24.7 Å². The van der Waals surface area contributed by atoms with Crippen molar-refractivity contribution in [1.82, 2.24) is 0 Å². The summed E-state index contributed by atoms with van der Waals surface area (Å²) < 4.78 is 32.7. The summed E-state index contributed by atoms with van der Waals surface area (Å²) in [5.74, 6) is 0.0209. The van der Waals surface area contributed by atoms with Crippen LogP contribution >= 0.6 is 0 Å². The molecule has 0 amide bonds. The Bertz CT molecular complexity index is 1980. The third-order valence-corrected chi connectivity index (χ3v) is 8.22. The average molecular weight is 639 g/mol. The van der Waals surface area contributed by atoms with Crippen molar-refractivity contribution in [2.45, 2.75) is 25.8 Å². The second-order valence-corrected chi connectivity index (χ2v) is 11.8. The predicted octanol–water partition coefficient (Wildman–Crippen LogP) is 7.84. The van der Waals surface area contributed by atoms with Gasteiger partial charge < -0.3 is 28.4 Å². The Hall–Kier alpha value is -5.38. The molecule has 0 aromatic heterocycles. The molecular formula is C40H30O8. The maximum atomic E-state index is 12.9. The van der Waals surface area contributed by atoms with Crippen molar-refractivity contribution in [3.8, 4) is 22.6 Å². The van der Waals surface area contributed by atoms with Crippen LogP contribution in [0.3, 0.4) is 0 Å². The van der Waals surface area contributed by atoms with Crippen LogP contribution in [-0.2, 0) is 32.2 Å². The minimum absolute atomic E-state index is 0.0871. The number of ether oxygens (including phenoxy) is 6. The zero-order valence-corrected chi connectivity index (χ0v) is 25.8. The van der Waals surface area contributed by atoms with E-state index in [0.29, 0.717) is 49.1 Å². The molecule has 6 aromatic rings. The Kier molecular flexibility index (Phi) is 8.13. The van der Waals surface area contributed by atoms with Crippen LogP contribution in [0.4, 0.5) is 0 Å². The highest BCUT2D eigenvalue weighted by atomic mass is 16.8. The van der Waals surface area contributed by atoms with Crippen molar-refractivity contribution < 1.29 is 38.0 Å². The first-order valence-electron chi connectivity index (χ1n) is 15.7. The van der Waals surface area contributed by atoms with Crippen molar-refractivity contribution in [2.75, 3.05) is 13.2 Å². The standard InChI is InChI=1S/C40H30O8/c41-39(33-7-5-29-17-25(1-3-31(29)19-33)21-43-37-23-45-37)47-35-13-9-27(10-14-35)28-11-15-36(16-12-28)48-40(42)34-8-6-30-18-26(2-4-32(30)20-34)22-44-38-24-46-38/h1-20,37-38H,21-24H2. The molecule has 0 N–H and O–H groups in total. The van der Waals surface area contributed by atoms with Gasteiger partial charge in [0.15, 0.2) is 12.6 Å². The lowest BCUT2D eigenvalue weighted by molar-refractivity contribution is 0.0384. The lowest BCUT2D eigenvalue weighted by Gasteiger charge is -2.09. The van der Waals surface area contributed by atoms with Crippen molar-refractivity contribution in [3.05, 3.63) is 144 Å². The number of epoxide rings is 2. The summed E-state index contributed by atoms with van der Waals surface area (Å²) in [6, 6.07) is 37.6. The monoisotopic (exact) mass is 638 g/mol. The van der Waals surface area contributed by atoms with Gasteiger partial charge in [-0.1, -0.05) is 60.7 Å². The largest absolute Gasteiger partial charge is 0.423 e. The number of benzene rings is 6. The number of hydrogen-bond donors (Lipinski definition) is 0. The van der Waals surface area contributed by atoms with Gasteiger partial charge in [0.05, 0.1) is 24.3 Å². The van der Waals surface area contributed by atoms with E-state index in [-0.39, 0.29) is 12.6 Å². The summed E-state index contributed by atoms with van der Waals surface area (Å²) in [7, 11) is 0. The Balaban J connectivity index is 0.868. The van der Waals surface area contributed by atoms with Crippen molar-refractivity contribution in [2.24, 2.45) is 0 Å². The van der Waals surface area contributed by atoms with Gasteiger partial charge in [-0.25, -0.2) is 9.59 Å². The third-order valence-electron chi connectivity index (χ3n) is 8.22. The molecule has 8 nitrogen and oxygen atoms in total. The fraction of sp³-hybridized carbons (Fsp3) is 0.150. The molecular weight excluding hydrogens is 608 g/mol. The van der Waals surface area contributed by atoms with E-state index in [0.717, 1.165) is 43.8 Å². The predicted molar refractivity (Wildman–Crippen MR) is 179 cm³/mol. The average Bonchev–Trinajstić information content (AvgIpc) is 4.06. The molecule has 8 heteroatoms. The van der Waals surface area contributed by atoms with Crippen LogP contribution in [0.25, 0.3) is 32.7 Å². The Morgan fingerprint density at radius 2 is 0.875 bits per heavy atom. The van der Waals surface area contributed by atoms with E-state index < -0.39 is 11.9 Å². The van der Waals surface area contributed by atoms with E-state index in [4.69, 9.17) is 28.4 Å². The third kappa shape index (κ3) is 7.12. The Morgan fingerprint density at radius 1 is 0.500 bits per heavy atom. The van der Waals surface area contributed by atoms with Crippen molar-refractivity contribution in [1.29, 1.82) is 0 Å². The van der Waals surface area contributed by atoms with Gasteiger partial charge in [0.2, 0.25) is 0 Å². The minimum Gasteiger partial charge on any atom is -0.423 e. The van der Waals surface area contributed by atoms with Crippen LogP contribution in [0.2, 0.25) is 0 Å². The van der Waals surface area contributed by atoms with Crippen LogP contribution < -0.4 is 9.47 Å². The molecule has 0 saturated carbocycles. The highest BCUT2D eigenvalue weighted by Gasteiger charge is 2.23. The van der Waals surface area contributed by atoms with Gasteiger partial charge in [-0.15, -0.1) is 0 Å². The van der Waals surface area contributed by atoms with Gasteiger partial charge >= 0.3 is 11.9 Å². The van der Waals surface area contributed by atoms with Crippen molar-refractivity contribution in [3.63, 3.8) is 0 Å². The SMILES string of the molecule is O=C(Oc1ccc(-c2ccc(OC(=O)c3ccc4cc(COC5CO5)ccc4c3)cc2)cc1)c1ccc2cc(COC3CO3)ccc2c1. The molecule has 8 rings (SSSR count). The fourth-order valence-electron chi connectivity index (χ4n) is 5.44. The summed E-state index contributed by atoms with van der Waals surface area (Å²) in [5.41, 5.74) is 4.88. The molecule has 2 heterocycles. The smallest absolute Gasteiger partial charge is 0.343 e. The highest BCUT2D eigenvalue weighted by Crippen LogP contribution is 2.27. The van der Waals surface area contributed by atoms with E-state index >= 15 is 0 Å². The molecule has 2 aliphatic rings. The van der Waals surface area contributed by atoms with E-state index in [1.165, 1.54) is 0 Å². The molecule has 2 atom stereocenters. The summed E-state index contributed by atoms with van der Waals surface area (Å²) in [6.45, 7) is 2.27. The van der Waals surface area contributed by atoms with Crippen LogP contribution in [0.5, 0.6) is 11.5 Å². The maximum Gasteiger partial charge on any atom is 0.343 e. The molecule has 2 saturated heterocycles. The molecule has 6 aromatic carbocycles. The van der Waals surface area contributed by atoms with E-state index in [1.54, 1.807) is 36.4 Å². The zero-order chi connectivity index (χ0) is 32.5. The molecule has 48 heavy (non-hydrogen) atoms. The fourth-order valence-corrected chi connectivity index (χ4v) is 5.44.